The summed E-state index contributed by atoms with van der Waals surface area (Å²) in [6.07, 6.45) is 4.71. The SMILES string of the molecule is CC(C)CC(=O)N1CC(C)CC(NCC2CC2)C1. The van der Waals surface area contributed by atoms with Crippen molar-refractivity contribution >= 4 is 5.91 Å². The molecule has 1 N–H and O–H groups in total. The van der Waals surface area contributed by atoms with E-state index in [-0.39, 0.29) is 0 Å². The van der Waals surface area contributed by atoms with E-state index in [1.807, 2.05) is 0 Å². The van der Waals surface area contributed by atoms with Crippen LogP contribution in [0.1, 0.15) is 46.5 Å². The molecule has 0 bridgehead atoms. The lowest BCUT2D eigenvalue weighted by Crippen LogP contribution is -2.51. The van der Waals surface area contributed by atoms with Crippen molar-refractivity contribution in [1.29, 1.82) is 0 Å². The van der Waals surface area contributed by atoms with Gasteiger partial charge in [0.2, 0.25) is 5.91 Å². The lowest BCUT2D eigenvalue weighted by molar-refractivity contribution is -0.134. The zero-order valence-electron chi connectivity index (χ0n) is 12.1. The highest BCUT2D eigenvalue weighted by Crippen LogP contribution is 2.28. The first-order valence-corrected chi connectivity index (χ1v) is 7.55. The van der Waals surface area contributed by atoms with Crippen molar-refractivity contribution in [3.63, 3.8) is 0 Å². The number of carbonyl (C=O) groups is 1. The molecule has 1 amide bonds. The van der Waals surface area contributed by atoms with Gasteiger partial charge in [0.05, 0.1) is 0 Å². The Morgan fingerprint density at radius 1 is 1.33 bits per heavy atom. The average Bonchev–Trinajstić information content (AvgIpc) is 3.08. The number of piperidine rings is 1. The Morgan fingerprint density at radius 3 is 2.67 bits per heavy atom. The molecule has 2 unspecified atom stereocenters. The van der Waals surface area contributed by atoms with E-state index in [0.717, 1.165) is 25.6 Å². The fourth-order valence-electron chi connectivity index (χ4n) is 2.84. The van der Waals surface area contributed by atoms with E-state index in [0.29, 0.717) is 30.2 Å². The number of carbonyl (C=O) groups excluding carboxylic acids is 1. The van der Waals surface area contributed by atoms with Gasteiger partial charge in [-0.3, -0.25) is 4.79 Å². The van der Waals surface area contributed by atoms with Crippen molar-refractivity contribution in [2.75, 3.05) is 19.6 Å². The maximum absolute atomic E-state index is 12.1. The van der Waals surface area contributed by atoms with Crippen LogP contribution >= 0.6 is 0 Å². The molecule has 2 atom stereocenters. The summed E-state index contributed by atoms with van der Waals surface area (Å²) in [5.41, 5.74) is 0. The molecule has 1 saturated carbocycles. The molecule has 2 rings (SSSR count). The van der Waals surface area contributed by atoms with E-state index in [1.54, 1.807) is 0 Å². The quantitative estimate of drug-likeness (QED) is 0.814. The molecule has 0 aromatic rings. The molecule has 2 aliphatic rings. The standard InChI is InChI=1S/C15H28N2O/c1-11(2)6-15(18)17-9-12(3)7-14(10-17)16-8-13-4-5-13/h11-14,16H,4-10H2,1-3H3. The Bertz CT molecular complexity index is 286. The Kier molecular flexibility index (Phi) is 4.66. The van der Waals surface area contributed by atoms with Crippen molar-refractivity contribution < 1.29 is 4.79 Å². The van der Waals surface area contributed by atoms with Gasteiger partial charge in [0.1, 0.15) is 0 Å². The van der Waals surface area contributed by atoms with Crippen LogP contribution in [0.4, 0.5) is 0 Å². The molecule has 1 aliphatic carbocycles. The van der Waals surface area contributed by atoms with E-state index in [1.165, 1.54) is 19.3 Å². The Labute approximate surface area is 111 Å². The number of rotatable bonds is 5. The Hall–Kier alpha value is -0.570. The molecule has 3 heteroatoms. The van der Waals surface area contributed by atoms with Crippen LogP contribution in [-0.4, -0.2) is 36.5 Å². The third kappa shape index (κ3) is 4.27. The number of hydrogen-bond donors (Lipinski definition) is 1. The second-order valence-corrected chi connectivity index (χ2v) is 6.79. The molecule has 104 valence electrons. The van der Waals surface area contributed by atoms with Crippen molar-refractivity contribution in [1.82, 2.24) is 10.2 Å². The highest BCUT2D eigenvalue weighted by Gasteiger charge is 2.29. The van der Waals surface area contributed by atoms with Crippen LogP contribution in [0.5, 0.6) is 0 Å². The van der Waals surface area contributed by atoms with Gasteiger partial charge in [0.25, 0.3) is 0 Å². The first-order valence-electron chi connectivity index (χ1n) is 7.55. The summed E-state index contributed by atoms with van der Waals surface area (Å²) in [5, 5.41) is 3.66. The van der Waals surface area contributed by atoms with Crippen molar-refractivity contribution in [3.05, 3.63) is 0 Å². The van der Waals surface area contributed by atoms with Gasteiger partial charge < -0.3 is 10.2 Å². The minimum atomic E-state index is 0.342. The fraction of sp³-hybridized carbons (Fsp3) is 0.933. The summed E-state index contributed by atoms with van der Waals surface area (Å²) in [6, 6.07) is 0.519. The molecule has 0 aromatic heterocycles. The second kappa shape index (κ2) is 6.05. The largest absolute Gasteiger partial charge is 0.341 e. The van der Waals surface area contributed by atoms with Crippen LogP contribution in [0.2, 0.25) is 0 Å². The van der Waals surface area contributed by atoms with Gasteiger partial charge in [-0.15, -0.1) is 0 Å². The first kappa shape index (κ1) is 13.9. The highest BCUT2D eigenvalue weighted by atomic mass is 16.2. The summed E-state index contributed by atoms with van der Waals surface area (Å²) in [5.74, 6) is 2.36. The topological polar surface area (TPSA) is 32.3 Å². The molecule has 1 heterocycles. The van der Waals surface area contributed by atoms with Gasteiger partial charge in [-0.2, -0.15) is 0 Å². The maximum atomic E-state index is 12.1. The molecule has 18 heavy (non-hydrogen) atoms. The van der Waals surface area contributed by atoms with Crippen LogP contribution < -0.4 is 5.32 Å². The highest BCUT2D eigenvalue weighted by molar-refractivity contribution is 5.76. The van der Waals surface area contributed by atoms with E-state index < -0.39 is 0 Å². The van der Waals surface area contributed by atoms with Crippen molar-refractivity contribution in [2.24, 2.45) is 17.8 Å². The van der Waals surface area contributed by atoms with E-state index in [4.69, 9.17) is 0 Å². The molecule has 1 saturated heterocycles. The van der Waals surface area contributed by atoms with Crippen LogP contribution in [-0.2, 0) is 4.79 Å². The van der Waals surface area contributed by atoms with Gasteiger partial charge in [0, 0.05) is 25.6 Å². The van der Waals surface area contributed by atoms with Gasteiger partial charge in [-0.25, -0.2) is 0 Å². The number of nitrogens with one attached hydrogen (secondary N) is 1. The monoisotopic (exact) mass is 252 g/mol. The lowest BCUT2D eigenvalue weighted by atomic mass is 9.95. The summed E-state index contributed by atoms with van der Waals surface area (Å²) < 4.78 is 0. The predicted octanol–water partition coefficient (Wildman–Crippen LogP) is 2.27. The normalized spacial score (nSPS) is 28.8. The number of hydrogen-bond acceptors (Lipinski definition) is 2. The minimum Gasteiger partial charge on any atom is -0.341 e. The maximum Gasteiger partial charge on any atom is 0.222 e. The minimum absolute atomic E-state index is 0.342. The summed E-state index contributed by atoms with van der Waals surface area (Å²) in [7, 11) is 0. The zero-order valence-corrected chi connectivity index (χ0v) is 12.1. The van der Waals surface area contributed by atoms with E-state index in [2.05, 4.69) is 31.0 Å². The Balaban J connectivity index is 1.80. The van der Waals surface area contributed by atoms with Crippen molar-refractivity contribution in [2.45, 2.75) is 52.5 Å². The van der Waals surface area contributed by atoms with Crippen LogP contribution in [0.3, 0.4) is 0 Å². The number of amides is 1. The predicted molar refractivity (Wildman–Crippen MR) is 74.3 cm³/mol. The molecule has 1 aliphatic heterocycles. The number of nitrogens with zero attached hydrogens (tertiary/aromatic N) is 1. The summed E-state index contributed by atoms with van der Waals surface area (Å²) in [4.78, 5) is 14.2. The molecular formula is C15H28N2O. The Morgan fingerprint density at radius 2 is 2.06 bits per heavy atom. The smallest absolute Gasteiger partial charge is 0.222 e. The summed E-state index contributed by atoms with van der Waals surface area (Å²) >= 11 is 0. The molecule has 0 aromatic carbocycles. The van der Waals surface area contributed by atoms with Crippen molar-refractivity contribution in [3.8, 4) is 0 Å². The number of likely N-dealkylation sites (tertiary alicyclic amines) is 1. The third-order valence-electron chi connectivity index (χ3n) is 3.99. The van der Waals surface area contributed by atoms with Gasteiger partial charge in [0.15, 0.2) is 0 Å². The van der Waals surface area contributed by atoms with Crippen LogP contribution in [0.15, 0.2) is 0 Å². The first-order chi connectivity index (χ1) is 8.54. The fourth-order valence-corrected chi connectivity index (χ4v) is 2.84. The van der Waals surface area contributed by atoms with Crippen LogP contribution in [0.25, 0.3) is 0 Å². The summed E-state index contributed by atoms with van der Waals surface area (Å²) in [6.45, 7) is 9.53. The molecule has 3 nitrogen and oxygen atoms in total. The molecular weight excluding hydrogens is 224 g/mol. The van der Waals surface area contributed by atoms with Gasteiger partial charge in [-0.05, 0) is 43.6 Å². The lowest BCUT2D eigenvalue weighted by Gasteiger charge is -2.37. The average molecular weight is 252 g/mol. The second-order valence-electron chi connectivity index (χ2n) is 6.79. The zero-order chi connectivity index (χ0) is 13.1. The van der Waals surface area contributed by atoms with E-state index in [9.17, 15) is 4.79 Å². The van der Waals surface area contributed by atoms with Gasteiger partial charge >= 0.3 is 0 Å². The van der Waals surface area contributed by atoms with Crippen LogP contribution in [0, 0.1) is 17.8 Å². The molecule has 0 radical (unpaired) electrons. The molecule has 0 spiro atoms. The molecule has 2 fully saturated rings. The van der Waals surface area contributed by atoms with Gasteiger partial charge in [-0.1, -0.05) is 20.8 Å². The van der Waals surface area contributed by atoms with E-state index >= 15 is 0 Å². The third-order valence-corrected chi connectivity index (χ3v) is 3.99.